The number of rotatable bonds is 11. The molecule has 8 aromatic carbocycles. The standard InChI is InChI=1S/C67H60N4O5/c1-41(2)40-75-67(74)47-27-31-55-54-30-26-45(44-18-11-20-48(34-44)68-65(72)42-14-5-3-6-15-42)36-60(54)71(61(55)37-47)51-29-33-63-58(39-51)57-24-13-23-52(64(57)76-63)46-19-12-21-50(35-46)70-59-25-10-9-22-53(59)56-32-28-49(38-62(56)70)69-66(73)43-16-7-4-8-17-43/h9-13,18-39,41-43H,3-8,14-17,40H2,1-2H3,(H,68,72)(H,69,73). The van der Waals surface area contributed by atoms with E-state index in [4.69, 9.17) is 9.15 Å². The van der Waals surface area contributed by atoms with Crippen molar-refractivity contribution in [1.29, 1.82) is 0 Å². The van der Waals surface area contributed by atoms with Crippen molar-refractivity contribution in [1.82, 2.24) is 9.13 Å². The van der Waals surface area contributed by atoms with Crippen molar-refractivity contribution >= 4 is 94.7 Å². The molecule has 2 amide bonds. The lowest BCUT2D eigenvalue weighted by Crippen LogP contribution is -2.24. The van der Waals surface area contributed by atoms with Gasteiger partial charge in [-0.3, -0.25) is 9.59 Å². The zero-order valence-electron chi connectivity index (χ0n) is 43.0. The molecule has 13 rings (SSSR count). The number of para-hydroxylation sites is 2. The topological polar surface area (TPSA) is 108 Å². The second-order valence-corrected chi connectivity index (χ2v) is 21.6. The van der Waals surface area contributed by atoms with Gasteiger partial charge in [0.05, 0.1) is 34.2 Å². The van der Waals surface area contributed by atoms with Crippen molar-refractivity contribution in [2.24, 2.45) is 17.8 Å². The lowest BCUT2D eigenvalue weighted by molar-refractivity contribution is -0.121. The maximum atomic E-state index is 13.6. The van der Waals surface area contributed by atoms with E-state index in [0.717, 1.165) is 162 Å². The van der Waals surface area contributed by atoms with Gasteiger partial charge in [0.2, 0.25) is 11.8 Å². The van der Waals surface area contributed by atoms with E-state index in [-0.39, 0.29) is 35.5 Å². The summed E-state index contributed by atoms with van der Waals surface area (Å²) < 4.78 is 17.2. The van der Waals surface area contributed by atoms with Gasteiger partial charge in [-0.25, -0.2) is 4.79 Å². The molecular weight excluding hydrogens is 941 g/mol. The number of carbonyl (C=O) groups is 3. The van der Waals surface area contributed by atoms with Crippen LogP contribution in [0.4, 0.5) is 11.4 Å². The second-order valence-electron chi connectivity index (χ2n) is 21.6. The van der Waals surface area contributed by atoms with Crippen molar-refractivity contribution in [3.8, 4) is 33.6 Å². The Morgan fingerprint density at radius 1 is 0.500 bits per heavy atom. The number of fused-ring (bicyclic) bond motifs is 9. The van der Waals surface area contributed by atoms with Gasteiger partial charge in [0, 0.05) is 72.5 Å². The Balaban J connectivity index is 0.901. The summed E-state index contributed by atoms with van der Waals surface area (Å²) >= 11 is 0. The lowest BCUT2D eigenvalue weighted by Gasteiger charge is -2.20. The van der Waals surface area contributed by atoms with Gasteiger partial charge in [-0.1, -0.05) is 137 Å². The largest absolute Gasteiger partial charge is 0.462 e. The number of nitrogens with one attached hydrogen (secondary N) is 2. The monoisotopic (exact) mass is 1000 g/mol. The van der Waals surface area contributed by atoms with E-state index in [1.54, 1.807) is 0 Å². The Kier molecular flexibility index (Phi) is 12.3. The molecule has 0 saturated heterocycles. The van der Waals surface area contributed by atoms with Gasteiger partial charge in [-0.05, 0) is 127 Å². The average Bonchev–Trinajstić information content (AvgIpc) is 4.12. The quantitative estimate of drug-likeness (QED) is 0.126. The molecule has 2 aliphatic carbocycles. The van der Waals surface area contributed by atoms with Gasteiger partial charge in [0.25, 0.3) is 0 Å². The number of esters is 1. The minimum Gasteiger partial charge on any atom is -0.462 e. The molecule has 378 valence electrons. The Labute approximate surface area is 441 Å². The zero-order chi connectivity index (χ0) is 51.4. The number of hydrogen-bond acceptors (Lipinski definition) is 5. The first-order valence-electron chi connectivity index (χ1n) is 27.3. The molecule has 2 aliphatic rings. The fourth-order valence-electron chi connectivity index (χ4n) is 12.2. The van der Waals surface area contributed by atoms with Gasteiger partial charge >= 0.3 is 5.97 Å². The molecule has 9 heteroatoms. The molecule has 0 bridgehead atoms. The molecule has 3 aromatic heterocycles. The number of ether oxygens (including phenoxy) is 1. The van der Waals surface area contributed by atoms with E-state index in [9.17, 15) is 14.4 Å². The first-order chi connectivity index (χ1) is 37.2. The zero-order valence-corrected chi connectivity index (χ0v) is 43.0. The molecule has 0 atom stereocenters. The maximum Gasteiger partial charge on any atom is 0.338 e. The third kappa shape index (κ3) is 8.67. The van der Waals surface area contributed by atoms with E-state index < -0.39 is 0 Å². The molecule has 0 aliphatic heterocycles. The smallest absolute Gasteiger partial charge is 0.338 e. The summed E-state index contributed by atoms with van der Waals surface area (Å²) in [6.07, 6.45) is 10.6. The number of nitrogens with zero attached hydrogens (tertiary/aromatic N) is 2. The van der Waals surface area contributed by atoms with Crippen molar-refractivity contribution in [2.45, 2.75) is 78.1 Å². The van der Waals surface area contributed by atoms with Crippen LogP contribution in [0.25, 0.3) is 99.2 Å². The van der Waals surface area contributed by atoms with Gasteiger partial charge in [-0.2, -0.15) is 0 Å². The maximum absolute atomic E-state index is 13.6. The number of furan rings is 1. The highest BCUT2D eigenvalue weighted by molar-refractivity contribution is 6.14. The second kappa shape index (κ2) is 19.7. The predicted molar refractivity (Wildman–Crippen MR) is 309 cm³/mol. The fourth-order valence-corrected chi connectivity index (χ4v) is 12.2. The Morgan fingerprint density at radius 2 is 1.09 bits per heavy atom. The first kappa shape index (κ1) is 47.3. The molecule has 0 spiro atoms. The number of aromatic nitrogens is 2. The Hall–Kier alpha value is -8.43. The van der Waals surface area contributed by atoms with Crippen LogP contribution >= 0.6 is 0 Å². The van der Waals surface area contributed by atoms with Gasteiger partial charge in [0.15, 0.2) is 0 Å². The van der Waals surface area contributed by atoms with Crippen molar-refractivity contribution in [3.63, 3.8) is 0 Å². The van der Waals surface area contributed by atoms with E-state index in [2.05, 4.69) is 141 Å². The number of carbonyl (C=O) groups excluding carboxylic acids is 3. The van der Waals surface area contributed by atoms with Crippen LogP contribution in [0.3, 0.4) is 0 Å². The van der Waals surface area contributed by atoms with Crippen LogP contribution in [0.1, 0.15) is 88.4 Å². The molecule has 0 radical (unpaired) electrons. The van der Waals surface area contributed by atoms with E-state index >= 15 is 0 Å². The molecule has 11 aromatic rings. The van der Waals surface area contributed by atoms with Gasteiger partial charge in [-0.15, -0.1) is 0 Å². The molecule has 9 nitrogen and oxygen atoms in total. The van der Waals surface area contributed by atoms with Crippen molar-refractivity contribution in [2.75, 3.05) is 17.2 Å². The Bertz CT molecular complexity index is 4090. The van der Waals surface area contributed by atoms with Crippen molar-refractivity contribution < 1.29 is 23.5 Å². The van der Waals surface area contributed by atoms with Gasteiger partial charge in [0.1, 0.15) is 11.2 Å². The summed E-state index contributed by atoms with van der Waals surface area (Å²) in [5, 5.41) is 12.8. The number of anilines is 2. The van der Waals surface area contributed by atoms with E-state index in [1.165, 1.54) is 12.8 Å². The first-order valence-corrected chi connectivity index (χ1v) is 27.3. The van der Waals surface area contributed by atoms with Crippen LogP contribution in [0, 0.1) is 17.8 Å². The van der Waals surface area contributed by atoms with Crippen LogP contribution < -0.4 is 10.6 Å². The fraction of sp³-hybridized carbons (Fsp3) is 0.239. The third-order valence-corrected chi connectivity index (χ3v) is 16.1. The highest BCUT2D eigenvalue weighted by Gasteiger charge is 2.25. The average molecular weight is 1000 g/mol. The van der Waals surface area contributed by atoms with Crippen LogP contribution in [0.15, 0.2) is 168 Å². The molecule has 0 unspecified atom stereocenters. The van der Waals surface area contributed by atoms with Crippen LogP contribution in [0.2, 0.25) is 0 Å². The van der Waals surface area contributed by atoms with Crippen LogP contribution in [0.5, 0.6) is 0 Å². The molecule has 76 heavy (non-hydrogen) atoms. The third-order valence-electron chi connectivity index (χ3n) is 16.1. The summed E-state index contributed by atoms with van der Waals surface area (Å²) in [7, 11) is 0. The number of benzene rings is 8. The summed E-state index contributed by atoms with van der Waals surface area (Å²) in [6.45, 7) is 4.40. The number of amides is 2. The highest BCUT2D eigenvalue weighted by atomic mass is 16.5. The van der Waals surface area contributed by atoms with E-state index in [0.29, 0.717) is 12.2 Å². The summed E-state index contributed by atoms with van der Waals surface area (Å²) in [6, 6.07) is 56.6. The predicted octanol–water partition coefficient (Wildman–Crippen LogP) is 17.0. The summed E-state index contributed by atoms with van der Waals surface area (Å²) in [5.41, 5.74) is 13.5. The SMILES string of the molecule is CC(C)COC(=O)c1ccc2c3ccc(-c4cccc(NC(=O)C5CCCCC5)c4)cc3n(-c3ccc4oc5c(-c6cccc(-n7c8ccccc8c8ccc(NC(=O)C9CCCCC9)cc87)c6)cccc5c4c3)c2c1. The number of hydrogen-bond donors (Lipinski definition) is 2. The van der Waals surface area contributed by atoms with Gasteiger partial charge < -0.3 is 28.9 Å². The Morgan fingerprint density at radius 3 is 1.86 bits per heavy atom. The normalized spacial score (nSPS) is 14.7. The van der Waals surface area contributed by atoms with Crippen LogP contribution in [-0.4, -0.2) is 33.5 Å². The molecule has 2 saturated carbocycles. The summed E-state index contributed by atoms with van der Waals surface area (Å²) in [5.74, 6) is 0.182. The molecule has 2 fully saturated rings. The molecule has 2 N–H and O–H groups in total. The molecular formula is C67H60N4O5. The summed E-state index contributed by atoms with van der Waals surface area (Å²) in [4.78, 5) is 40.3. The minimum atomic E-state index is -0.352. The highest BCUT2D eigenvalue weighted by Crippen LogP contribution is 2.42. The van der Waals surface area contributed by atoms with E-state index in [1.807, 2.05) is 56.3 Å². The molecule has 3 heterocycles. The van der Waals surface area contributed by atoms with Crippen molar-refractivity contribution in [3.05, 3.63) is 169 Å². The minimum absolute atomic E-state index is 0.0551. The van der Waals surface area contributed by atoms with Crippen LogP contribution in [-0.2, 0) is 14.3 Å². The lowest BCUT2D eigenvalue weighted by atomic mass is 9.88.